The molecule has 0 aliphatic carbocycles. The van der Waals surface area contributed by atoms with Gasteiger partial charge in [-0.15, -0.1) is 0 Å². The van der Waals surface area contributed by atoms with Crippen LogP contribution in [-0.4, -0.2) is 11.9 Å². The van der Waals surface area contributed by atoms with Gasteiger partial charge in [-0.1, -0.05) is 59.1 Å². The van der Waals surface area contributed by atoms with Gasteiger partial charge in [0.2, 0.25) is 5.90 Å². The molecular weight excluding hydrogens is 421 g/mol. The van der Waals surface area contributed by atoms with Gasteiger partial charge in [-0.2, -0.15) is 0 Å². The molecule has 0 saturated heterocycles. The quantitative estimate of drug-likeness (QED) is 0.351. The average molecular weight is 438 g/mol. The lowest BCUT2D eigenvalue weighted by molar-refractivity contribution is -0.129. The van der Waals surface area contributed by atoms with Gasteiger partial charge >= 0.3 is 5.97 Å². The Bertz CT molecular complexity index is 1150. The fourth-order valence-corrected chi connectivity index (χ4v) is 3.16. The number of aliphatic imine (C=N–C) groups is 1. The van der Waals surface area contributed by atoms with E-state index < -0.39 is 5.97 Å². The third-order valence-corrected chi connectivity index (χ3v) is 5.23. The van der Waals surface area contributed by atoms with E-state index in [-0.39, 0.29) is 5.70 Å². The lowest BCUT2D eigenvalue weighted by Gasteiger charge is -2.07. The zero-order valence-corrected chi connectivity index (χ0v) is 17.6. The molecule has 6 heteroatoms. The van der Waals surface area contributed by atoms with Gasteiger partial charge in [-0.25, -0.2) is 9.79 Å². The Morgan fingerprint density at radius 3 is 2.40 bits per heavy atom. The fraction of sp³-hybridized carbons (Fsp3) is 0.0833. The topological polar surface area (TPSA) is 47.9 Å². The average Bonchev–Trinajstić information content (AvgIpc) is 3.10. The number of benzene rings is 3. The summed E-state index contributed by atoms with van der Waals surface area (Å²) < 4.78 is 11.1. The molecule has 0 N–H and O–H groups in total. The first-order valence-corrected chi connectivity index (χ1v) is 10.00. The number of carbonyl (C=O) groups excluding carboxylic acids is 1. The van der Waals surface area contributed by atoms with Gasteiger partial charge < -0.3 is 9.47 Å². The summed E-state index contributed by atoms with van der Waals surface area (Å²) >= 11 is 11.9. The maximum Gasteiger partial charge on any atom is 0.363 e. The minimum absolute atomic E-state index is 0.259. The third-order valence-electron chi connectivity index (χ3n) is 4.49. The maximum atomic E-state index is 12.2. The molecule has 30 heavy (non-hydrogen) atoms. The standard InChI is InChI=1S/C24H17Cl2NO3/c1-15-2-7-18(8-3-15)23-27-22(24(28)30-23)13-16-4-9-19(10-5-16)29-14-17-6-11-20(25)21(26)12-17/h2-13H,14H2,1H3/b22-13+. The molecule has 1 aliphatic heterocycles. The summed E-state index contributed by atoms with van der Waals surface area (Å²) in [6.45, 7) is 2.36. The number of hydrogen-bond donors (Lipinski definition) is 0. The molecule has 3 aromatic rings. The van der Waals surface area contributed by atoms with Gasteiger partial charge in [0.05, 0.1) is 10.0 Å². The number of esters is 1. The number of halogens is 2. The molecule has 4 nitrogen and oxygen atoms in total. The van der Waals surface area contributed by atoms with E-state index in [0.29, 0.717) is 28.3 Å². The van der Waals surface area contributed by atoms with Crippen LogP contribution in [0.25, 0.3) is 6.08 Å². The highest BCUT2D eigenvalue weighted by molar-refractivity contribution is 6.42. The van der Waals surface area contributed by atoms with Gasteiger partial charge in [-0.3, -0.25) is 0 Å². The lowest BCUT2D eigenvalue weighted by Crippen LogP contribution is -2.05. The van der Waals surface area contributed by atoms with Crippen molar-refractivity contribution in [2.24, 2.45) is 4.99 Å². The van der Waals surface area contributed by atoms with Crippen LogP contribution >= 0.6 is 23.2 Å². The Kier molecular flexibility index (Phi) is 5.88. The Morgan fingerprint density at radius 1 is 0.967 bits per heavy atom. The molecule has 0 spiro atoms. The summed E-state index contributed by atoms with van der Waals surface area (Å²) in [6.07, 6.45) is 1.69. The molecule has 4 rings (SSSR count). The molecule has 0 amide bonds. The monoisotopic (exact) mass is 437 g/mol. The van der Waals surface area contributed by atoms with E-state index in [4.69, 9.17) is 32.7 Å². The van der Waals surface area contributed by atoms with Crippen LogP contribution in [-0.2, 0) is 16.1 Å². The minimum atomic E-state index is -0.467. The highest BCUT2D eigenvalue weighted by atomic mass is 35.5. The van der Waals surface area contributed by atoms with E-state index >= 15 is 0 Å². The highest BCUT2D eigenvalue weighted by Crippen LogP contribution is 2.24. The van der Waals surface area contributed by atoms with Crippen molar-refractivity contribution in [2.45, 2.75) is 13.5 Å². The molecule has 0 unspecified atom stereocenters. The van der Waals surface area contributed by atoms with Crippen molar-refractivity contribution >= 4 is 41.1 Å². The van der Waals surface area contributed by atoms with Crippen LogP contribution in [0.15, 0.2) is 77.4 Å². The second kappa shape index (κ2) is 8.74. The Labute approximate surface area is 184 Å². The molecule has 0 saturated carbocycles. The van der Waals surface area contributed by atoms with Crippen LogP contribution in [0.1, 0.15) is 22.3 Å². The summed E-state index contributed by atoms with van der Waals surface area (Å²) in [4.78, 5) is 16.5. The first-order valence-electron chi connectivity index (χ1n) is 9.24. The molecule has 1 heterocycles. The summed E-state index contributed by atoms with van der Waals surface area (Å²) in [5, 5.41) is 1.00. The van der Waals surface area contributed by atoms with Gasteiger partial charge in [0.15, 0.2) is 5.70 Å². The van der Waals surface area contributed by atoms with E-state index in [1.165, 1.54) is 0 Å². The minimum Gasteiger partial charge on any atom is -0.489 e. The van der Waals surface area contributed by atoms with Crippen molar-refractivity contribution in [1.29, 1.82) is 0 Å². The number of nitrogens with zero attached hydrogens (tertiary/aromatic N) is 1. The van der Waals surface area contributed by atoms with Crippen molar-refractivity contribution in [2.75, 3.05) is 0 Å². The first kappa shape index (κ1) is 20.2. The SMILES string of the molecule is Cc1ccc(C2=N/C(=C/c3ccc(OCc4ccc(Cl)c(Cl)c4)cc3)C(=O)O2)cc1. The zero-order valence-electron chi connectivity index (χ0n) is 16.1. The number of aryl methyl sites for hydroxylation is 1. The van der Waals surface area contributed by atoms with Gasteiger partial charge in [-0.05, 0) is 60.5 Å². The lowest BCUT2D eigenvalue weighted by atomic mass is 10.1. The van der Waals surface area contributed by atoms with Crippen LogP contribution in [0.3, 0.4) is 0 Å². The van der Waals surface area contributed by atoms with E-state index in [2.05, 4.69) is 4.99 Å². The van der Waals surface area contributed by atoms with Crippen LogP contribution in [0.5, 0.6) is 5.75 Å². The highest BCUT2D eigenvalue weighted by Gasteiger charge is 2.23. The van der Waals surface area contributed by atoms with Crippen LogP contribution in [0.2, 0.25) is 10.0 Å². The maximum absolute atomic E-state index is 12.2. The molecule has 0 radical (unpaired) electrons. The fourth-order valence-electron chi connectivity index (χ4n) is 2.84. The Balaban J connectivity index is 1.44. The number of cyclic esters (lactones) is 1. The van der Waals surface area contributed by atoms with E-state index in [1.54, 1.807) is 18.2 Å². The summed E-state index contributed by atoms with van der Waals surface area (Å²) in [5.41, 5.74) is 3.89. The third kappa shape index (κ3) is 4.73. The predicted molar refractivity (Wildman–Crippen MR) is 119 cm³/mol. The summed E-state index contributed by atoms with van der Waals surface area (Å²) in [5.74, 6) is 0.541. The van der Waals surface area contributed by atoms with Gasteiger partial charge in [0.25, 0.3) is 0 Å². The molecule has 0 bridgehead atoms. The second-order valence-electron chi connectivity index (χ2n) is 6.81. The van der Waals surface area contributed by atoms with Crippen molar-refractivity contribution < 1.29 is 14.3 Å². The van der Waals surface area contributed by atoms with Crippen molar-refractivity contribution in [3.8, 4) is 5.75 Å². The molecule has 150 valence electrons. The molecule has 0 atom stereocenters. The molecule has 1 aliphatic rings. The molecular formula is C24H17Cl2NO3. The first-order chi connectivity index (χ1) is 14.5. The van der Waals surface area contributed by atoms with Crippen LogP contribution in [0, 0.1) is 6.92 Å². The van der Waals surface area contributed by atoms with E-state index in [0.717, 1.165) is 22.3 Å². The number of carbonyl (C=O) groups is 1. The second-order valence-corrected chi connectivity index (χ2v) is 7.62. The number of rotatable bonds is 5. The Hall–Kier alpha value is -3.08. The number of hydrogen-bond acceptors (Lipinski definition) is 4. The van der Waals surface area contributed by atoms with Crippen molar-refractivity contribution in [3.05, 3.63) is 105 Å². The normalized spacial score (nSPS) is 14.6. The smallest absolute Gasteiger partial charge is 0.363 e. The largest absolute Gasteiger partial charge is 0.489 e. The summed E-state index contributed by atoms with van der Waals surface area (Å²) in [7, 11) is 0. The number of ether oxygens (including phenoxy) is 2. The van der Waals surface area contributed by atoms with Crippen LogP contribution in [0.4, 0.5) is 0 Å². The summed E-state index contributed by atoms with van der Waals surface area (Å²) in [6, 6.07) is 20.4. The van der Waals surface area contributed by atoms with Gasteiger partial charge in [0, 0.05) is 5.56 Å². The van der Waals surface area contributed by atoms with Gasteiger partial charge in [0.1, 0.15) is 12.4 Å². The predicted octanol–water partition coefficient (Wildman–Crippen LogP) is 6.23. The molecule has 3 aromatic carbocycles. The van der Waals surface area contributed by atoms with Crippen molar-refractivity contribution in [1.82, 2.24) is 0 Å². The zero-order chi connectivity index (χ0) is 21.1. The molecule has 0 aromatic heterocycles. The van der Waals surface area contributed by atoms with Crippen molar-refractivity contribution in [3.63, 3.8) is 0 Å². The van der Waals surface area contributed by atoms with Crippen LogP contribution < -0.4 is 4.74 Å². The van der Waals surface area contributed by atoms with E-state index in [9.17, 15) is 4.79 Å². The Morgan fingerprint density at radius 2 is 1.70 bits per heavy atom. The molecule has 0 fully saturated rings. The van der Waals surface area contributed by atoms with E-state index in [1.807, 2.05) is 61.5 Å².